The van der Waals surface area contributed by atoms with Crippen LogP contribution in [0.5, 0.6) is 0 Å². The summed E-state index contributed by atoms with van der Waals surface area (Å²) in [7, 11) is 0. The molecule has 0 radical (unpaired) electrons. The monoisotopic (exact) mass is 396 g/mol. The molecule has 1 unspecified atom stereocenters. The molecule has 90 valence electrons. The first-order valence-corrected chi connectivity index (χ1v) is 7.74. The van der Waals surface area contributed by atoms with Gasteiger partial charge in [0.05, 0.1) is 4.83 Å². The molecule has 0 aliphatic heterocycles. The van der Waals surface area contributed by atoms with Crippen LogP contribution in [0.3, 0.4) is 0 Å². The van der Waals surface area contributed by atoms with Crippen LogP contribution in [-0.2, 0) is 0 Å². The molecule has 0 spiro atoms. The molecule has 1 heterocycles. The summed E-state index contributed by atoms with van der Waals surface area (Å²) < 4.78 is 14.8. The highest BCUT2D eigenvalue weighted by Crippen LogP contribution is 2.40. The second-order valence-electron chi connectivity index (χ2n) is 3.58. The van der Waals surface area contributed by atoms with Crippen molar-refractivity contribution in [2.24, 2.45) is 0 Å². The second-order valence-corrected chi connectivity index (χ2v) is 7.08. The van der Waals surface area contributed by atoms with Crippen LogP contribution >= 0.6 is 54.8 Å². The normalized spacial score (nSPS) is 12.8. The fourth-order valence-corrected chi connectivity index (χ4v) is 3.97. The van der Waals surface area contributed by atoms with E-state index >= 15 is 0 Å². The zero-order chi connectivity index (χ0) is 12.6. The van der Waals surface area contributed by atoms with Gasteiger partial charge in [-0.25, -0.2) is 4.39 Å². The second kappa shape index (κ2) is 5.39. The van der Waals surface area contributed by atoms with Crippen molar-refractivity contribution in [3.8, 4) is 0 Å². The summed E-state index contributed by atoms with van der Waals surface area (Å²) in [6.45, 7) is 2.02. The fraction of sp³-hybridized carbons (Fsp3) is 0.167. The molecule has 0 aliphatic carbocycles. The lowest BCUT2D eigenvalue weighted by atomic mass is 10.1. The van der Waals surface area contributed by atoms with Crippen LogP contribution in [0.4, 0.5) is 4.39 Å². The minimum absolute atomic E-state index is 0.170. The molecule has 0 nitrogen and oxygen atoms in total. The SMILES string of the molecule is Cc1sc(C(Br)c2cc(Cl)ccc2F)cc1Br. The predicted molar refractivity (Wildman–Crippen MR) is 78.9 cm³/mol. The van der Waals surface area contributed by atoms with E-state index in [1.54, 1.807) is 23.5 Å². The molecule has 2 aromatic rings. The van der Waals surface area contributed by atoms with Gasteiger partial charge in [0.15, 0.2) is 0 Å². The number of thiophene rings is 1. The summed E-state index contributed by atoms with van der Waals surface area (Å²) in [6, 6.07) is 6.59. The Morgan fingerprint density at radius 1 is 1.35 bits per heavy atom. The molecule has 0 saturated heterocycles. The lowest BCUT2D eigenvalue weighted by Crippen LogP contribution is -1.94. The Bertz CT molecular complexity index is 534. The van der Waals surface area contributed by atoms with E-state index in [4.69, 9.17) is 11.6 Å². The predicted octanol–water partition coefficient (Wildman–Crippen LogP) is 6.10. The molecule has 1 atom stereocenters. The van der Waals surface area contributed by atoms with E-state index in [2.05, 4.69) is 31.9 Å². The minimum Gasteiger partial charge on any atom is -0.207 e. The Labute approximate surface area is 125 Å². The first-order valence-electron chi connectivity index (χ1n) is 4.84. The van der Waals surface area contributed by atoms with E-state index in [9.17, 15) is 4.39 Å². The van der Waals surface area contributed by atoms with Gasteiger partial charge in [-0.05, 0) is 47.1 Å². The van der Waals surface area contributed by atoms with E-state index in [1.807, 2.05) is 13.0 Å². The van der Waals surface area contributed by atoms with Crippen molar-refractivity contribution in [1.82, 2.24) is 0 Å². The number of hydrogen-bond donors (Lipinski definition) is 0. The van der Waals surface area contributed by atoms with Crippen LogP contribution in [0.25, 0.3) is 0 Å². The van der Waals surface area contributed by atoms with Gasteiger partial charge in [-0.3, -0.25) is 0 Å². The Morgan fingerprint density at radius 2 is 2.06 bits per heavy atom. The van der Waals surface area contributed by atoms with Crippen LogP contribution < -0.4 is 0 Å². The molecule has 0 saturated carbocycles. The van der Waals surface area contributed by atoms with Crippen molar-refractivity contribution < 1.29 is 4.39 Å². The number of rotatable bonds is 2. The highest BCUT2D eigenvalue weighted by molar-refractivity contribution is 9.10. The van der Waals surface area contributed by atoms with Gasteiger partial charge < -0.3 is 0 Å². The number of aryl methyl sites for hydroxylation is 1. The Balaban J connectivity index is 2.42. The summed E-state index contributed by atoms with van der Waals surface area (Å²) in [5, 5.41) is 0.540. The summed E-state index contributed by atoms with van der Waals surface area (Å²) >= 11 is 14.5. The topological polar surface area (TPSA) is 0 Å². The molecule has 0 fully saturated rings. The molecule has 0 aliphatic rings. The van der Waals surface area contributed by atoms with Crippen LogP contribution in [0, 0.1) is 12.7 Å². The van der Waals surface area contributed by atoms with Gasteiger partial charge in [-0.15, -0.1) is 11.3 Å². The summed E-state index contributed by atoms with van der Waals surface area (Å²) in [5.41, 5.74) is 0.561. The Morgan fingerprint density at radius 3 is 2.65 bits per heavy atom. The van der Waals surface area contributed by atoms with Crippen LogP contribution in [0.15, 0.2) is 28.7 Å². The largest absolute Gasteiger partial charge is 0.207 e. The summed E-state index contributed by atoms with van der Waals surface area (Å²) in [5.74, 6) is -0.251. The zero-order valence-electron chi connectivity index (χ0n) is 8.81. The van der Waals surface area contributed by atoms with Gasteiger partial charge in [0.1, 0.15) is 5.82 Å². The van der Waals surface area contributed by atoms with Gasteiger partial charge in [0, 0.05) is 24.8 Å². The number of alkyl halides is 1. The smallest absolute Gasteiger partial charge is 0.128 e. The van der Waals surface area contributed by atoms with Gasteiger partial charge >= 0.3 is 0 Å². The van der Waals surface area contributed by atoms with E-state index < -0.39 is 0 Å². The van der Waals surface area contributed by atoms with E-state index in [0.717, 1.165) is 9.35 Å². The van der Waals surface area contributed by atoms with Crippen LogP contribution in [-0.4, -0.2) is 0 Å². The maximum atomic E-state index is 13.7. The molecular formula is C12H8Br2ClFS. The van der Waals surface area contributed by atoms with Crippen LogP contribution in [0.1, 0.15) is 20.1 Å². The van der Waals surface area contributed by atoms with E-state index in [-0.39, 0.29) is 10.6 Å². The fourth-order valence-electron chi connectivity index (χ4n) is 1.47. The van der Waals surface area contributed by atoms with Crippen molar-refractivity contribution >= 4 is 54.8 Å². The van der Waals surface area contributed by atoms with E-state index in [0.29, 0.717) is 10.6 Å². The number of benzene rings is 1. The highest BCUT2D eigenvalue weighted by atomic mass is 79.9. The lowest BCUT2D eigenvalue weighted by Gasteiger charge is -2.09. The summed E-state index contributed by atoms with van der Waals surface area (Å²) in [4.78, 5) is 2.05. The maximum Gasteiger partial charge on any atom is 0.128 e. The average molecular weight is 399 g/mol. The van der Waals surface area contributed by atoms with Gasteiger partial charge in [-0.1, -0.05) is 27.5 Å². The zero-order valence-corrected chi connectivity index (χ0v) is 13.6. The Kier molecular flexibility index (Phi) is 4.29. The quantitative estimate of drug-likeness (QED) is 0.537. The molecule has 0 N–H and O–H groups in total. The third-order valence-electron chi connectivity index (χ3n) is 2.36. The van der Waals surface area contributed by atoms with Crippen molar-refractivity contribution in [3.05, 3.63) is 54.9 Å². The number of hydrogen-bond acceptors (Lipinski definition) is 1. The molecule has 2 rings (SSSR count). The Hall–Kier alpha value is 0.1000. The highest BCUT2D eigenvalue weighted by Gasteiger charge is 2.18. The molecule has 5 heteroatoms. The summed E-state index contributed by atoms with van der Waals surface area (Å²) in [6.07, 6.45) is 0. The first-order chi connectivity index (χ1) is 7.99. The van der Waals surface area contributed by atoms with Crippen molar-refractivity contribution in [3.63, 3.8) is 0 Å². The third kappa shape index (κ3) is 2.92. The molecule has 1 aromatic heterocycles. The van der Waals surface area contributed by atoms with Crippen molar-refractivity contribution in [1.29, 1.82) is 0 Å². The molecule has 0 bridgehead atoms. The van der Waals surface area contributed by atoms with Gasteiger partial charge in [0.25, 0.3) is 0 Å². The molecule has 17 heavy (non-hydrogen) atoms. The van der Waals surface area contributed by atoms with Gasteiger partial charge in [0.2, 0.25) is 0 Å². The standard InChI is InChI=1S/C12H8Br2ClFS/c1-6-9(13)5-11(17-6)12(14)8-4-7(15)2-3-10(8)16/h2-5,12H,1H3. The lowest BCUT2D eigenvalue weighted by molar-refractivity contribution is 0.614. The first kappa shape index (κ1) is 13.5. The van der Waals surface area contributed by atoms with Gasteiger partial charge in [-0.2, -0.15) is 0 Å². The average Bonchev–Trinajstić information content (AvgIpc) is 2.62. The van der Waals surface area contributed by atoms with E-state index in [1.165, 1.54) is 10.9 Å². The minimum atomic E-state index is -0.251. The molecular weight excluding hydrogens is 390 g/mol. The number of halogens is 4. The molecule has 0 amide bonds. The van der Waals surface area contributed by atoms with Crippen molar-refractivity contribution in [2.45, 2.75) is 11.8 Å². The molecule has 1 aromatic carbocycles. The third-order valence-corrected chi connectivity index (χ3v) is 6.08. The maximum absolute atomic E-state index is 13.7. The van der Waals surface area contributed by atoms with Crippen molar-refractivity contribution in [2.75, 3.05) is 0 Å². The van der Waals surface area contributed by atoms with Crippen LogP contribution in [0.2, 0.25) is 5.02 Å².